The maximum atomic E-state index is 13.3. The van der Waals surface area contributed by atoms with Gasteiger partial charge in [-0.1, -0.05) is 42.5 Å². The van der Waals surface area contributed by atoms with E-state index in [0.717, 1.165) is 16.8 Å². The van der Waals surface area contributed by atoms with E-state index >= 15 is 0 Å². The zero-order valence-corrected chi connectivity index (χ0v) is 19.6. The van der Waals surface area contributed by atoms with Gasteiger partial charge in [0.15, 0.2) is 4.77 Å². The Morgan fingerprint density at radius 1 is 0.857 bits per heavy atom. The molecule has 0 spiro atoms. The third-order valence-electron chi connectivity index (χ3n) is 5.11. The SMILES string of the molecule is O=c1c(/C=C/C=C/C=Nc2ccccc2)c(O)n(Cc2cccnc2)c(=S)n1Cc1cccnc1. The molecule has 0 unspecified atom stereocenters. The second-order valence-electron chi connectivity index (χ2n) is 7.58. The summed E-state index contributed by atoms with van der Waals surface area (Å²) in [7, 11) is 0. The van der Waals surface area contributed by atoms with Crippen molar-refractivity contribution in [2.75, 3.05) is 0 Å². The highest BCUT2D eigenvalue weighted by atomic mass is 32.1. The van der Waals surface area contributed by atoms with Gasteiger partial charge < -0.3 is 5.11 Å². The molecule has 1 N–H and O–H groups in total. The van der Waals surface area contributed by atoms with Crippen molar-refractivity contribution < 1.29 is 5.11 Å². The van der Waals surface area contributed by atoms with E-state index in [0.29, 0.717) is 0 Å². The highest BCUT2D eigenvalue weighted by Crippen LogP contribution is 2.19. The average Bonchev–Trinajstić information content (AvgIpc) is 2.90. The Morgan fingerprint density at radius 3 is 2.14 bits per heavy atom. The van der Waals surface area contributed by atoms with Crippen LogP contribution in [0.15, 0.2) is 107 Å². The first-order valence-corrected chi connectivity index (χ1v) is 11.3. The van der Waals surface area contributed by atoms with Crippen LogP contribution in [0.5, 0.6) is 5.88 Å². The van der Waals surface area contributed by atoms with Gasteiger partial charge in [0.1, 0.15) is 5.56 Å². The first-order valence-electron chi connectivity index (χ1n) is 10.9. The van der Waals surface area contributed by atoms with Crippen LogP contribution in [0.3, 0.4) is 0 Å². The van der Waals surface area contributed by atoms with Crippen molar-refractivity contribution in [3.8, 4) is 5.88 Å². The number of aromatic hydroxyl groups is 1. The van der Waals surface area contributed by atoms with Crippen molar-refractivity contribution in [1.82, 2.24) is 19.1 Å². The molecule has 0 aliphatic rings. The zero-order valence-electron chi connectivity index (χ0n) is 18.8. The minimum atomic E-state index is -0.388. The summed E-state index contributed by atoms with van der Waals surface area (Å²) < 4.78 is 3.20. The van der Waals surface area contributed by atoms with E-state index < -0.39 is 0 Å². The van der Waals surface area contributed by atoms with E-state index in [1.165, 1.54) is 9.13 Å². The topological polar surface area (TPSA) is 85.3 Å². The summed E-state index contributed by atoms with van der Waals surface area (Å²) in [6.45, 7) is 0.505. The molecule has 8 heteroatoms. The molecular weight excluding hydrogens is 458 g/mol. The number of aromatic nitrogens is 4. The molecule has 0 atom stereocenters. The number of hydrogen-bond donors (Lipinski definition) is 1. The number of nitrogens with zero attached hydrogens (tertiary/aromatic N) is 5. The van der Waals surface area contributed by atoms with Gasteiger partial charge in [0.25, 0.3) is 5.56 Å². The molecule has 3 aromatic heterocycles. The fourth-order valence-electron chi connectivity index (χ4n) is 3.39. The molecule has 0 saturated carbocycles. The average molecular weight is 482 g/mol. The molecule has 35 heavy (non-hydrogen) atoms. The van der Waals surface area contributed by atoms with Gasteiger partial charge in [-0.25, -0.2) is 0 Å². The number of hydrogen-bond acceptors (Lipinski definition) is 6. The first kappa shape index (κ1) is 23.7. The third-order valence-corrected chi connectivity index (χ3v) is 5.55. The van der Waals surface area contributed by atoms with Crippen LogP contribution in [-0.4, -0.2) is 30.4 Å². The predicted molar refractivity (Wildman–Crippen MR) is 141 cm³/mol. The molecule has 0 bridgehead atoms. The third kappa shape index (κ3) is 6.13. The van der Waals surface area contributed by atoms with Gasteiger partial charge in [-0.2, -0.15) is 0 Å². The molecule has 1 aromatic carbocycles. The van der Waals surface area contributed by atoms with Gasteiger partial charge in [-0.3, -0.25) is 28.9 Å². The lowest BCUT2D eigenvalue weighted by Crippen LogP contribution is -2.28. The van der Waals surface area contributed by atoms with Crippen LogP contribution in [0, 0.1) is 4.77 Å². The highest BCUT2D eigenvalue weighted by molar-refractivity contribution is 7.71. The van der Waals surface area contributed by atoms with Gasteiger partial charge in [0.05, 0.1) is 18.8 Å². The summed E-state index contributed by atoms with van der Waals surface area (Å²) in [5, 5.41) is 11.0. The van der Waals surface area contributed by atoms with Crippen LogP contribution in [0.1, 0.15) is 16.7 Å². The molecule has 3 heterocycles. The lowest BCUT2D eigenvalue weighted by atomic mass is 10.2. The first-order chi connectivity index (χ1) is 17.1. The summed E-state index contributed by atoms with van der Waals surface area (Å²) in [6, 6.07) is 16.9. The Morgan fingerprint density at radius 2 is 1.51 bits per heavy atom. The number of pyridine rings is 2. The standard InChI is InChI=1S/C27H23N5O2S/c33-25-24(13-5-2-6-16-30-23-11-3-1-4-12-23)26(34)32(20-22-10-8-15-29-18-22)27(35)31(25)19-21-9-7-14-28-17-21/h1-18,33H,19-20H2/b6-2+,13-5+,30-16?. The van der Waals surface area contributed by atoms with Crippen LogP contribution >= 0.6 is 12.2 Å². The van der Waals surface area contributed by atoms with Crippen LogP contribution < -0.4 is 5.56 Å². The molecule has 0 radical (unpaired) electrons. The van der Waals surface area contributed by atoms with E-state index in [1.807, 2.05) is 48.5 Å². The monoisotopic (exact) mass is 481 g/mol. The van der Waals surface area contributed by atoms with Crippen molar-refractivity contribution in [3.05, 3.63) is 129 Å². The molecule has 0 aliphatic heterocycles. The van der Waals surface area contributed by atoms with Gasteiger partial charge >= 0.3 is 0 Å². The number of benzene rings is 1. The highest BCUT2D eigenvalue weighted by Gasteiger charge is 2.15. The molecule has 174 valence electrons. The quantitative estimate of drug-likeness (QED) is 0.219. The number of allylic oxidation sites excluding steroid dienone is 3. The fraction of sp³-hybridized carbons (Fsp3) is 0.0741. The van der Waals surface area contributed by atoms with Crippen molar-refractivity contribution in [3.63, 3.8) is 0 Å². The lowest BCUT2D eigenvalue weighted by Gasteiger charge is -2.16. The van der Waals surface area contributed by atoms with Crippen LogP contribution in [0.2, 0.25) is 0 Å². The van der Waals surface area contributed by atoms with E-state index in [-0.39, 0.29) is 34.9 Å². The summed E-state index contributed by atoms with van der Waals surface area (Å²) >= 11 is 5.61. The molecule has 0 amide bonds. The molecular formula is C27H23N5O2S. The lowest BCUT2D eigenvalue weighted by molar-refractivity contribution is 0.403. The van der Waals surface area contributed by atoms with Gasteiger partial charge in [-0.15, -0.1) is 0 Å². The van der Waals surface area contributed by atoms with Crippen LogP contribution in [-0.2, 0) is 13.1 Å². The maximum absolute atomic E-state index is 13.3. The minimum Gasteiger partial charge on any atom is -0.494 e. The Balaban J connectivity index is 1.68. The van der Waals surface area contributed by atoms with Gasteiger partial charge in [0.2, 0.25) is 5.88 Å². The second-order valence-corrected chi connectivity index (χ2v) is 7.94. The van der Waals surface area contributed by atoms with Crippen molar-refractivity contribution in [2.45, 2.75) is 13.1 Å². The second kappa shape index (κ2) is 11.6. The molecule has 4 rings (SSSR count). The maximum Gasteiger partial charge on any atom is 0.265 e. The number of para-hydroxylation sites is 1. The van der Waals surface area contributed by atoms with Crippen molar-refractivity contribution >= 4 is 30.2 Å². The smallest absolute Gasteiger partial charge is 0.265 e. The van der Waals surface area contributed by atoms with E-state index in [2.05, 4.69) is 15.0 Å². The van der Waals surface area contributed by atoms with Crippen molar-refractivity contribution in [2.24, 2.45) is 4.99 Å². The zero-order chi connectivity index (χ0) is 24.5. The molecule has 0 fully saturated rings. The van der Waals surface area contributed by atoms with Crippen LogP contribution in [0.4, 0.5) is 5.69 Å². The summed E-state index contributed by atoms with van der Waals surface area (Å²) in [5.74, 6) is -0.200. The van der Waals surface area contributed by atoms with E-state index in [4.69, 9.17) is 12.2 Å². The molecule has 7 nitrogen and oxygen atoms in total. The summed E-state index contributed by atoms with van der Waals surface area (Å²) in [4.78, 5) is 25.9. The summed E-state index contributed by atoms with van der Waals surface area (Å²) in [6.07, 6.45) is 15.1. The summed E-state index contributed by atoms with van der Waals surface area (Å²) in [5.41, 5.74) is 2.26. The van der Waals surface area contributed by atoms with E-state index in [1.54, 1.807) is 61.4 Å². The van der Waals surface area contributed by atoms with Gasteiger partial charge in [-0.05, 0) is 59.8 Å². The Kier molecular flexibility index (Phi) is 7.88. The Hall–Kier alpha value is -4.43. The Bertz CT molecular complexity index is 1480. The molecule has 0 aliphatic carbocycles. The largest absolute Gasteiger partial charge is 0.494 e. The van der Waals surface area contributed by atoms with Crippen molar-refractivity contribution in [1.29, 1.82) is 0 Å². The number of aliphatic imine (C=N–C) groups is 1. The minimum absolute atomic E-state index is 0.135. The van der Waals surface area contributed by atoms with Gasteiger partial charge in [0, 0.05) is 31.0 Å². The van der Waals surface area contributed by atoms with E-state index in [9.17, 15) is 9.90 Å². The predicted octanol–water partition coefficient (Wildman–Crippen LogP) is 4.94. The molecule has 0 saturated heterocycles. The van der Waals surface area contributed by atoms with Crippen LogP contribution in [0.25, 0.3) is 6.08 Å². The molecule has 4 aromatic rings. The number of rotatable bonds is 8. The normalized spacial score (nSPS) is 11.7. The Labute approximate surface area is 207 Å². The fourth-order valence-corrected chi connectivity index (χ4v) is 3.69.